The topological polar surface area (TPSA) is 24.5 Å². The average molecular weight is 282 g/mol. The second-order valence-corrected chi connectivity index (χ2v) is 6.56. The maximum Gasteiger partial charge on any atom is 0.0702 e. The highest BCUT2D eigenvalue weighted by molar-refractivity contribution is 4.84. The van der Waals surface area contributed by atoms with Crippen molar-refractivity contribution < 1.29 is 4.74 Å². The van der Waals surface area contributed by atoms with Crippen molar-refractivity contribution in [3.8, 4) is 0 Å². The molecule has 2 rings (SSSR count). The highest BCUT2D eigenvalue weighted by atomic mass is 16.5. The van der Waals surface area contributed by atoms with Crippen molar-refractivity contribution in [3.05, 3.63) is 0 Å². The van der Waals surface area contributed by atoms with Crippen LogP contribution in [-0.2, 0) is 4.74 Å². The predicted molar refractivity (Wildman–Crippen MR) is 85.1 cm³/mol. The van der Waals surface area contributed by atoms with E-state index in [1.165, 1.54) is 64.6 Å². The Balaban J connectivity index is 1.68. The fraction of sp³-hybridized carbons (Fsp3) is 1.00. The number of rotatable bonds is 8. The van der Waals surface area contributed by atoms with Gasteiger partial charge in [-0.25, -0.2) is 0 Å². The minimum absolute atomic E-state index is 0.492. The molecule has 1 aliphatic carbocycles. The summed E-state index contributed by atoms with van der Waals surface area (Å²) in [5.74, 6) is 0.911. The standard InChI is InChI=1S/C17H34N2O/c1-3-11-18-17-9-5-7-15(17)10-13-19-12-6-8-16(14-19)20-4-2/h15-18H,3-14H2,1-2H3. The molecule has 1 saturated heterocycles. The highest BCUT2D eigenvalue weighted by Gasteiger charge is 2.27. The lowest BCUT2D eigenvalue weighted by Crippen LogP contribution is -2.41. The van der Waals surface area contributed by atoms with E-state index < -0.39 is 0 Å². The number of likely N-dealkylation sites (tertiary alicyclic amines) is 1. The molecule has 1 N–H and O–H groups in total. The lowest BCUT2D eigenvalue weighted by atomic mass is 9.98. The van der Waals surface area contributed by atoms with Gasteiger partial charge in [0.2, 0.25) is 0 Å². The third-order valence-electron chi connectivity index (χ3n) is 5.00. The first-order valence-corrected chi connectivity index (χ1v) is 8.90. The van der Waals surface area contributed by atoms with Gasteiger partial charge in [0.1, 0.15) is 0 Å². The molecule has 2 fully saturated rings. The third kappa shape index (κ3) is 5.01. The Kier molecular flexibility index (Phi) is 7.32. The van der Waals surface area contributed by atoms with Crippen molar-refractivity contribution in [1.82, 2.24) is 10.2 Å². The Morgan fingerprint density at radius 2 is 2.05 bits per heavy atom. The SMILES string of the molecule is CCCNC1CCCC1CCN1CCCC(OCC)C1. The summed E-state index contributed by atoms with van der Waals surface area (Å²) in [5, 5.41) is 3.75. The van der Waals surface area contributed by atoms with E-state index in [2.05, 4.69) is 24.1 Å². The molecule has 0 aromatic heterocycles. The van der Waals surface area contributed by atoms with Crippen molar-refractivity contribution in [2.24, 2.45) is 5.92 Å². The molecule has 3 nitrogen and oxygen atoms in total. The Morgan fingerprint density at radius 3 is 2.85 bits per heavy atom. The Labute approximate surface area is 125 Å². The van der Waals surface area contributed by atoms with E-state index in [9.17, 15) is 0 Å². The lowest BCUT2D eigenvalue weighted by molar-refractivity contribution is 0.00443. The summed E-state index contributed by atoms with van der Waals surface area (Å²) in [6.07, 6.45) is 9.95. The van der Waals surface area contributed by atoms with Gasteiger partial charge in [0.15, 0.2) is 0 Å². The van der Waals surface area contributed by atoms with Crippen LogP contribution in [0.3, 0.4) is 0 Å². The molecule has 1 aliphatic heterocycles. The van der Waals surface area contributed by atoms with Crippen LogP contribution in [0.4, 0.5) is 0 Å². The fourth-order valence-corrected chi connectivity index (χ4v) is 3.92. The molecular formula is C17H34N2O. The number of piperidine rings is 1. The molecule has 1 heterocycles. The zero-order valence-corrected chi connectivity index (χ0v) is 13.6. The van der Waals surface area contributed by atoms with Crippen LogP contribution in [0.15, 0.2) is 0 Å². The quantitative estimate of drug-likeness (QED) is 0.740. The van der Waals surface area contributed by atoms with E-state index in [1.54, 1.807) is 0 Å². The van der Waals surface area contributed by atoms with Crippen LogP contribution in [0.25, 0.3) is 0 Å². The monoisotopic (exact) mass is 282 g/mol. The molecule has 0 spiro atoms. The van der Waals surface area contributed by atoms with Crippen LogP contribution in [0.1, 0.15) is 58.8 Å². The smallest absolute Gasteiger partial charge is 0.0702 e. The van der Waals surface area contributed by atoms with E-state index in [0.29, 0.717) is 6.10 Å². The van der Waals surface area contributed by atoms with Crippen LogP contribution < -0.4 is 5.32 Å². The van der Waals surface area contributed by atoms with E-state index in [4.69, 9.17) is 4.74 Å². The number of ether oxygens (including phenoxy) is 1. The van der Waals surface area contributed by atoms with Gasteiger partial charge in [-0.1, -0.05) is 13.3 Å². The first-order chi connectivity index (χ1) is 9.83. The molecule has 2 aliphatic rings. The van der Waals surface area contributed by atoms with E-state index >= 15 is 0 Å². The maximum atomic E-state index is 5.81. The second kappa shape index (κ2) is 9.01. The van der Waals surface area contributed by atoms with Gasteiger partial charge in [0, 0.05) is 19.2 Å². The van der Waals surface area contributed by atoms with Gasteiger partial charge in [-0.15, -0.1) is 0 Å². The largest absolute Gasteiger partial charge is 0.377 e. The summed E-state index contributed by atoms with van der Waals surface area (Å²) in [6, 6.07) is 0.794. The molecule has 0 radical (unpaired) electrons. The van der Waals surface area contributed by atoms with Gasteiger partial charge in [-0.2, -0.15) is 0 Å². The third-order valence-corrected chi connectivity index (χ3v) is 5.00. The maximum absolute atomic E-state index is 5.81. The minimum Gasteiger partial charge on any atom is -0.377 e. The van der Waals surface area contributed by atoms with Crippen molar-refractivity contribution in [2.45, 2.75) is 70.9 Å². The van der Waals surface area contributed by atoms with Crippen molar-refractivity contribution >= 4 is 0 Å². The zero-order valence-electron chi connectivity index (χ0n) is 13.6. The van der Waals surface area contributed by atoms with Crippen molar-refractivity contribution in [3.63, 3.8) is 0 Å². The molecule has 118 valence electrons. The molecule has 3 unspecified atom stereocenters. The fourth-order valence-electron chi connectivity index (χ4n) is 3.92. The molecular weight excluding hydrogens is 248 g/mol. The molecule has 0 aromatic rings. The number of hydrogen-bond donors (Lipinski definition) is 1. The van der Waals surface area contributed by atoms with Crippen LogP contribution in [0, 0.1) is 5.92 Å². The zero-order chi connectivity index (χ0) is 14.2. The Morgan fingerprint density at radius 1 is 1.15 bits per heavy atom. The Bertz CT molecular complexity index is 257. The normalized spacial score (nSPS) is 31.8. The first-order valence-electron chi connectivity index (χ1n) is 8.90. The number of nitrogens with one attached hydrogen (secondary N) is 1. The summed E-state index contributed by atoms with van der Waals surface area (Å²) in [6.45, 7) is 10.1. The molecule has 1 saturated carbocycles. The summed E-state index contributed by atoms with van der Waals surface area (Å²) >= 11 is 0. The molecule has 3 heteroatoms. The summed E-state index contributed by atoms with van der Waals surface area (Å²) in [4.78, 5) is 2.64. The predicted octanol–water partition coefficient (Wildman–Crippen LogP) is 3.05. The molecule has 0 aromatic carbocycles. The highest BCUT2D eigenvalue weighted by Crippen LogP contribution is 2.29. The summed E-state index contributed by atoms with van der Waals surface area (Å²) < 4.78 is 5.81. The summed E-state index contributed by atoms with van der Waals surface area (Å²) in [5.41, 5.74) is 0. The van der Waals surface area contributed by atoms with Gasteiger partial charge in [-0.3, -0.25) is 0 Å². The molecule has 0 bridgehead atoms. The average Bonchev–Trinajstić information content (AvgIpc) is 2.91. The summed E-state index contributed by atoms with van der Waals surface area (Å²) in [7, 11) is 0. The van der Waals surface area contributed by atoms with Crippen LogP contribution in [-0.4, -0.2) is 49.8 Å². The van der Waals surface area contributed by atoms with Gasteiger partial charge in [-0.05, 0) is 71.0 Å². The number of nitrogens with zero attached hydrogens (tertiary/aromatic N) is 1. The van der Waals surface area contributed by atoms with Crippen molar-refractivity contribution in [2.75, 3.05) is 32.8 Å². The molecule has 3 atom stereocenters. The van der Waals surface area contributed by atoms with Gasteiger partial charge in [0.05, 0.1) is 6.10 Å². The lowest BCUT2D eigenvalue weighted by Gasteiger charge is -2.33. The van der Waals surface area contributed by atoms with E-state index in [0.717, 1.165) is 25.1 Å². The van der Waals surface area contributed by atoms with Gasteiger partial charge < -0.3 is 15.0 Å². The number of hydrogen-bond acceptors (Lipinski definition) is 3. The van der Waals surface area contributed by atoms with Crippen LogP contribution in [0.2, 0.25) is 0 Å². The minimum atomic E-state index is 0.492. The second-order valence-electron chi connectivity index (χ2n) is 6.56. The molecule has 0 amide bonds. The van der Waals surface area contributed by atoms with Gasteiger partial charge >= 0.3 is 0 Å². The van der Waals surface area contributed by atoms with E-state index in [-0.39, 0.29) is 0 Å². The van der Waals surface area contributed by atoms with Crippen LogP contribution >= 0.6 is 0 Å². The Hall–Kier alpha value is -0.120. The van der Waals surface area contributed by atoms with Crippen LogP contribution in [0.5, 0.6) is 0 Å². The first kappa shape index (κ1) is 16.3. The molecule has 20 heavy (non-hydrogen) atoms. The van der Waals surface area contributed by atoms with Crippen molar-refractivity contribution in [1.29, 1.82) is 0 Å². The van der Waals surface area contributed by atoms with Gasteiger partial charge in [0.25, 0.3) is 0 Å². The van der Waals surface area contributed by atoms with E-state index in [1.807, 2.05) is 0 Å².